The van der Waals surface area contributed by atoms with Crippen LogP contribution in [0.25, 0.3) is 0 Å². The van der Waals surface area contributed by atoms with E-state index < -0.39 is 12.7 Å². The van der Waals surface area contributed by atoms with E-state index in [9.17, 15) is 13.2 Å². The fraction of sp³-hybridized carbons (Fsp3) is 1.00. The Labute approximate surface area is 89.1 Å². The molecule has 0 atom stereocenters. The molecule has 0 radical (unpaired) electrons. The molecule has 0 aromatic carbocycles. The minimum absolute atomic E-state index is 0.0588. The van der Waals surface area contributed by atoms with E-state index in [1.807, 2.05) is 0 Å². The Hall–Kier alpha value is 0.100. The van der Waals surface area contributed by atoms with Gasteiger partial charge in [-0.25, -0.2) is 0 Å². The summed E-state index contributed by atoms with van der Waals surface area (Å²) in [5, 5.41) is 0. The molecule has 0 aromatic rings. The summed E-state index contributed by atoms with van der Waals surface area (Å²) in [6, 6.07) is -0.0588. The fourth-order valence-corrected chi connectivity index (χ4v) is 1.40. The lowest BCUT2D eigenvalue weighted by Gasteiger charge is -2.27. The SMILES string of the molecule is CC(C)N(CCCCS)CC(F)(F)F. The number of halogens is 3. The van der Waals surface area contributed by atoms with Gasteiger partial charge >= 0.3 is 6.18 Å². The lowest BCUT2D eigenvalue weighted by atomic mass is 10.2. The van der Waals surface area contributed by atoms with Crippen molar-refractivity contribution in [2.24, 2.45) is 0 Å². The highest BCUT2D eigenvalue weighted by molar-refractivity contribution is 7.80. The van der Waals surface area contributed by atoms with E-state index >= 15 is 0 Å². The van der Waals surface area contributed by atoms with Crippen molar-refractivity contribution < 1.29 is 13.2 Å². The van der Waals surface area contributed by atoms with Crippen molar-refractivity contribution in [1.82, 2.24) is 4.90 Å². The van der Waals surface area contributed by atoms with Crippen molar-refractivity contribution >= 4 is 12.6 Å². The molecule has 0 unspecified atom stereocenters. The van der Waals surface area contributed by atoms with Crippen LogP contribution in [-0.2, 0) is 0 Å². The van der Waals surface area contributed by atoms with Crippen molar-refractivity contribution in [3.63, 3.8) is 0 Å². The van der Waals surface area contributed by atoms with Crippen molar-refractivity contribution in [1.29, 1.82) is 0 Å². The summed E-state index contributed by atoms with van der Waals surface area (Å²) >= 11 is 4.02. The first-order valence-corrected chi connectivity index (χ1v) is 5.41. The molecule has 0 aromatic heterocycles. The zero-order valence-corrected chi connectivity index (χ0v) is 9.54. The Morgan fingerprint density at radius 1 is 1.21 bits per heavy atom. The van der Waals surface area contributed by atoms with Gasteiger partial charge in [0, 0.05) is 6.04 Å². The van der Waals surface area contributed by atoms with Crippen LogP contribution in [0.2, 0.25) is 0 Å². The Morgan fingerprint density at radius 3 is 2.14 bits per heavy atom. The molecule has 0 spiro atoms. The second kappa shape index (κ2) is 6.56. The van der Waals surface area contributed by atoms with Crippen molar-refractivity contribution in [3.8, 4) is 0 Å². The molecule has 0 bridgehead atoms. The first kappa shape index (κ1) is 14.1. The van der Waals surface area contributed by atoms with Crippen LogP contribution in [0.3, 0.4) is 0 Å². The van der Waals surface area contributed by atoms with Gasteiger partial charge in [0.25, 0.3) is 0 Å². The number of unbranched alkanes of at least 4 members (excludes halogenated alkanes) is 1. The highest BCUT2D eigenvalue weighted by atomic mass is 32.1. The van der Waals surface area contributed by atoms with Gasteiger partial charge in [-0.1, -0.05) is 0 Å². The molecular formula is C9H18F3NS. The second-order valence-corrected chi connectivity index (χ2v) is 4.06. The molecule has 0 rings (SSSR count). The van der Waals surface area contributed by atoms with Crippen LogP contribution in [0.5, 0.6) is 0 Å². The van der Waals surface area contributed by atoms with E-state index in [0.717, 1.165) is 18.6 Å². The maximum Gasteiger partial charge on any atom is 0.401 e. The molecule has 14 heavy (non-hydrogen) atoms. The minimum atomic E-state index is -4.09. The molecule has 0 aliphatic rings. The van der Waals surface area contributed by atoms with Crippen LogP contribution in [-0.4, -0.2) is 36.0 Å². The third kappa shape index (κ3) is 7.50. The first-order valence-electron chi connectivity index (χ1n) is 4.78. The summed E-state index contributed by atoms with van der Waals surface area (Å²) in [7, 11) is 0. The molecule has 0 saturated heterocycles. The predicted octanol–water partition coefficient (Wildman–Crippen LogP) is 2.97. The molecule has 0 N–H and O–H groups in total. The zero-order chi connectivity index (χ0) is 11.2. The van der Waals surface area contributed by atoms with Crippen LogP contribution in [0.1, 0.15) is 26.7 Å². The highest BCUT2D eigenvalue weighted by Gasteiger charge is 2.31. The Bertz CT molecular complexity index is 147. The topological polar surface area (TPSA) is 3.24 Å². The number of hydrogen-bond acceptors (Lipinski definition) is 2. The first-order chi connectivity index (χ1) is 6.37. The Kier molecular flexibility index (Phi) is 6.61. The number of hydrogen-bond donors (Lipinski definition) is 1. The summed E-state index contributed by atoms with van der Waals surface area (Å²) in [5.41, 5.74) is 0. The number of nitrogens with zero attached hydrogens (tertiary/aromatic N) is 1. The number of thiol groups is 1. The predicted molar refractivity (Wildman–Crippen MR) is 55.9 cm³/mol. The van der Waals surface area contributed by atoms with Gasteiger partial charge in [0.2, 0.25) is 0 Å². The summed E-state index contributed by atoms with van der Waals surface area (Å²) in [6.45, 7) is 3.26. The van der Waals surface area contributed by atoms with E-state index in [4.69, 9.17) is 0 Å². The summed E-state index contributed by atoms with van der Waals surface area (Å²) in [6.07, 6.45) is -2.45. The van der Waals surface area contributed by atoms with Gasteiger partial charge in [-0.05, 0) is 39.0 Å². The molecule has 0 fully saturated rings. The molecule has 0 aliphatic heterocycles. The molecule has 0 aliphatic carbocycles. The lowest BCUT2D eigenvalue weighted by Crippen LogP contribution is -2.39. The van der Waals surface area contributed by atoms with Gasteiger partial charge in [-0.3, -0.25) is 4.90 Å². The van der Waals surface area contributed by atoms with Crippen LogP contribution >= 0.6 is 12.6 Å². The standard InChI is InChI=1S/C9H18F3NS/c1-8(2)13(5-3-4-6-14)7-9(10,11)12/h8,14H,3-7H2,1-2H3. The molecule has 0 saturated carbocycles. The third-order valence-electron chi connectivity index (χ3n) is 1.97. The summed E-state index contributed by atoms with van der Waals surface area (Å²) < 4.78 is 36.4. The second-order valence-electron chi connectivity index (χ2n) is 3.61. The normalized spacial score (nSPS) is 12.9. The van der Waals surface area contributed by atoms with Crippen LogP contribution in [0.15, 0.2) is 0 Å². The molecule has 1 nitrogen and oxygen atoms in total. The fourth-order valence-electron chi connectivity index (χ4n) is 1.18. The largest absolute Gasteiger partial charge is 0.401 e. The highest BCUT2D eigenvalue weighted by Crippen LogP contribution is 2.18. The average Bonchev–Trinajstić information content (AvgIpc) is 2.00. The Balaban J connectivity index is 3.91. The molecule has 0 amide bonds. The van der Waals surface area contributed by atoms with E-state index in [1.54, 1.807) is 13.8 Å². The van der Waals surface area contributed by atoms with Crippen LogP contribution in [0.4, 0.5) is 13.2 Å². The van der Waals surface area contributed by atoms with Crippen molar-refractivity contribution in [2.75, 3.05) is 18.8 Å². The summed E-state index contributed by atoms with van der Waals surface area (Å²) in [4.78, 5) is 1.45. The van der Waals surface area contributed by atoms with E-state index in [1.165, 1.54) is 4.90 Å². The molecule has 5 heteroatoms. The maximum atomic E-state index is 12.1. The van der Waals surface area contributed by atoms with Crippen LogP contribution in [0, 0.1) is 0 Å². The molecular weight excluding hydrogens is 211 g/mol. The summed E-state index contributed by atoms with van der Waals surface area (Å²) in [5.74, 6) is 0.734. The van der Waals surface area contributed by atoms with Gasteiger partial charge in [0.1, 0.15) is 0 Å². The number of rotatable bonds is 6. The van der Waals surface area contributed by atoms with Crippen LogP contribution < -0.4 is 0 Å². The van der Waals surface area contributed by atoms with E-state index in [0.29, 0.717) is 6.54 Å². The van der Waals surface area contributed by atoms with Crippen molar-refractivity contribution in [2.45, 2.75) is 38.9 Å². The van der Waals surface area contributed by atoms with Gasteiger partial charge in [0.15, 0.2) is 0 Å². The average molecular weight is 229 g/mol. The van der Waals surface area contributed by atoms with Gasteiger partial charge in [-0.2, -0.15) is 25.8 Å². The van der Waals surface area contributed by atoms with Gasteiger partial charge in [-0.15, -0.1) is 0 Å². The Morgan fingerprint density at radius 2 is 1.79 bits per heavy atom. The third-order valence-corrected chi connectivity index (χ3v) is 2.28. The quantitative estimate of drug-likeness (QED) is 0.541. The van der Waals surface area contributed by atoms with Crippen molar-refractivity contribution in [3.05, 3.63) is 0 Å². The molecule has 0 heterocycles. The smallest absolute Gasteiger partial charge is 0.293 e. The van der Waals surface area contributed by atoms with E-state index in [-0.39, 0.29) is 6.04 Å². The number of alkyl halides is 3. The van der Waals surface area contributed by atoms with E-state index in [2.05, 4.69) is 12.6 Å². The van der Waals surface area contributed by atoms with Gasteiger partial charge in [0.05, 0.1) is 6.54 Å². The minimum Gasteiger partial charge on any atom is -0.293 e. The van der Waals surface area contributed by atoms with Gasteiger partial charge < -0.3 is 0 Å². The monoisotopic (exact) mass is 229 g/mol. The zero-order valence-electron chi connectivity index (χ0n) is 8.64. The maximum absolute atomic E-state index is 12.1. The molecule has 86 valence electrons. The lowest BCUT2D eigenvalue weighted by molar-refractivity contribution is -0.149.